The van der Waals surface area contributed by atoms with Gasteiger partial charge in [0, 0.05) is 17.6 Å². The van der Waals surface area contributed by atoms with Crippen molar-refractivity contribution < 1.29 is 22.6 Å². The van der Waals surface area contributed by atoms with Crippen LogP contribution in [0.2, 0.25) is 10.0 Å². The first-order valence-electron chi connectivity index (χ1n) is 7.82. The number of ether oxygens (including phenoxy) is 1. The van der Waals surface area contributed by atoms with Crippen LogP contribution in [0.15, 0.2) is 52.5 Å². The molecule has 1 aliphatic rings. The van der Waals surface area contributed by atoms with E-state index in [1.165, 1.54) is 12.1 Å². The number of rotatable bonds is 5. The number of oxime groups is 1. The number of methoxy groups -OCH3 is 1. The highest BCUT2D eigenvalue weighted by atomic mass is 35.5. The molecule has 1 aliphatic heterocycles. The molecule has 0 fully saturated rings. The van der Waals surface area contributed by atoms with Gasteiger partial charge in [0.15, 0.2) is 5.25 Å². The van der Waals surface area contributed by atoms with Gasteiger partial charge in [-0.15, -0.1) is 0 Å². The maximum absolute atomic E-state index is 14.0. The SMILES string of the molecule is CO[C@]1(C(F)F)ON=C(c2c(Cl)cccc2Cl)[C@@H]1[S@@](=O)c1ccc(C)cc1. The average Bonchev–Trinajstić information content (AvgIpc) is 3.02. The van der Waals surface area contributed by atoms with E-state index in [0.717, 1.165) is 12.7 Å². The molecule has 4 nitrogen and oxygen atoms in total. The summed E-state index contributed by atoms with van der Waals surface area (Å²) in [6.07, 6.45) is -3.12. The molecule has 0 spiro atoms. The molecule has 3 rings (SSSR count). The average molecular weight is 434 g/mol. The van der Waals surface area contributed by atoms with Gasteiger partial charge in [0.1, 0.15) is 5.71 Å². The van der Waals surface area contributed by atoms with E-state index < -0.39 is 28.3 Å². The van der Waals surface area contributed by atoms with Crippen LogP contribution in [0.4, 0.5) is 8.78 Å². The van der Waals surface area contributed by atoms with Gasteiger partial charge in [0.05, 0.1) is 20.8 Å². The lowest BCUT2D eigenvalue weighted by molar-refractivity contribution is -0.266. The van der Waals surface area contributed by atoms with Gasteiger partial charge in [0.25, 0.3) is 0 Å². The summed E-state index contributed by atoms with van der Waals surface area (Å²) in [5.74, 6) is -2.52. The molecule has 0 saturated carbocycles. The number of hydrogen-bond acceptors (Lipinski definition) is 4. The minimum Gasteiger partial charge on any atom is -0.352 e. The van der Waals surface area contributed by atoms with Gasteiger partial charge in [-0.3, -0.25) is 4.21 Å². The third-order valence-electron chi connectivity index (χ3n) is 4.21. The van der Waals surface area contributed by atoms with E-state index in [2.05, 4.69) is 5.16 Å². The van der Waals surface area contributed by atoms with Gasteiger partial charge < -0.3 is 9.57 Å². The summed E-state index contributed by atoms with van der Waals surface area (Å²) in [6.45, 7) is 1.86. The van der Waals surface area contributed by atoms with Crippen molar-refractivity contribution in [2.75, 3.05) is 7.11 Å². The number of benzene rings is 2. The maximum atomic E-state index is 14.0. The number of alkyl halides is 2. The predicted molar refractivity (Wildman–Crippen MR) is 101 cm³/mol. The molecule has 1 heterocycles. The third kappa shape index (κ3) is 3.49. The molecule has 0 radical (unpaired) electrons. The second-order valence-corrected chi connectivity index (χ2v) is 8.23. The Kier molecular flexibility index (Phi) is 5.86. The van der Waals surface area contributed by atoms with Crippen molar-refractivity contribution in [2.24, 2.45) is 5.16 Å². The fourth-order valence-electron chi connectivity index (χ4n) is 2.77. The fourth-order valence-corrected chi connectivity index (χ4v) is 4.94. The first-order chi connectivity index (χ1) is 12.8. The fraction of sp³-hybridized carbons (Fsp3) is 0.278. The molecule has 0 unspecified atom stereocenters. The van der Waals surface area contributed by atoms with Crippen LogP contribution in [0.3, 0.4) is 0 Å². The van der Waals surface area contributed by atoms with Crippen molar-refractivity contribution in [1.82, 2.24) is 0 Å². The maximum Gasteiger partial charge on any atom is 0.318 e. The zero-order valence-electron chi connectivity index (χ0n) is 14.3. The standard InChI is InChI=1S/C18H15Cl2F2NO3S/c1-10-6-8-11(9-7-10)27(24)16-15(14-12(19)4-3-5-13(14)20)23-26-18(16,25-2)17(21)22/h3-9,16-17H,1-2H3/t16-,18-,27-/m0/s1. The third-order valence-corrected chi connectivity index (χ3v) is 6.56. The number of hydrogen-bond donors (Lipinski definition) is 0. The van der Waals surface area contributed by atoms with Crippen LogP contribution in [0.5, 0.6) is 0 Å². The van der Waals surface area contributed by atoms with E-state index in [-0.39, 0.29) is 21.3 Å². The molecule has 9 heteroatoms. The topological polar surface area (TPSA) is 47.9 Å². The van der Waals surface area contributed by atoms with E-state index in [1.807, 2.05) is 6.92 Å². The Labute approximate surface area is 167 Å². The van der Waals surface area contributed by atoms with Crippen molar-refractivity contribution in [3.05, 3.63) is 63.6 Å². The summed E-state index contributed by atoms with van der Waals surface area (Å²) in [5.41, 5.74) is 1.07. The van der Waals surface area contributed by atoms with Crippen molar-refractivity contribution in [2.45, 2.75) is 29.3 Å². The first kappa shape index (κ1) is 20.2. The van der Waals surface area contributed by atoms with E-state index >= 15 is 0 Å². The second-order valence-electron chi connectivity index (χ2n) is 5.88. The normalized spacial score (nSPS) is 23.2. The second kappa shape index (κ2) is 7.83. The minimum absolute atomic E-state index is 0.0494. The summed E-state index contributed by atoms with van der Waals surface area (Å²) in [7, 11) is -0.928. The molecular weight excluding hydrogens is 419 g/mol. The van der Waals surface area contributed by atoms with Crippen molar-refractivity contribution >= 4 is 39.7 Å². The van der Waals surface area contributed by atoms with Crippen LogP contribution >= 0.6 is 23.2 Å². The predicted octanol–water partition coefficient (Wildman–Crippen LogP) is 4.82. The van der Waals surface area contributed by atoms with Gasteiger partial charge in [-0.25, -0.2) is 8.78 Å². The van der Waals surface area contributed by atoms with Gasteiger partial charge in [-0.2, -0.15) is 0 Å². The highest BCUT2D eigenvalue weighted by Crippen LogP contribution is 2.41. The largest absolute Gasteiger partial charge is 0.352 e. The van der Waals surface area contributed by atoms with Crippen molar-refractivity contribution in [3.8, 4) is 0 Å². The molecule has 0 aromatic heterocycles. The van der Waals surface area contributed by atoms with Crippen LogP contribution in [-0.4, -0.2) is 34.5 Å². The Hall–Kier alpha value is -1.54. The summed E-state index contributed by atoms with van der Waals surface area (Å²) < 4.78 is 46.2. The van der Waals surface area contributed by atoms with Gasteiger partial charge in [0.2, 0.25) is 0 Å². The zero-order valence-corrected chi connectivity index (χ0v) is 16.6. The Morgan fingerprint density at radius 2 is 1.78 bits per heavy atom. The molecule has 2 aromatic rings. The summed E-state index contributed by atoms with van der Waals surface area (Å²) in [5, 5.41) is 2.68. The summed E-state index contributed by atoms with van der Waals surface area (Å²) in [4.78, 5) is 5.34. The molecular formula is C18H15Cl2F2NO3S. The smallest absolute Gasteiger partial charge is 0.318 e. The zero-order chi connectivity index (χ0) is 19.8. The van der Waals surface area contributed by atoms with Crippen molar-refractivity contribution in [3.63, 3.8) is 0 Å². The Morgan fingerprint density at radius 1 is 1.19 bits per heavy atom. The molecule has 2 aromatic carbocycles. The lowest BCUT2D eigenvalue weighted by Crippen LogP contribution is -2.53. The molecule has 3 atom stereocenters. The monoisotopic (exact) mass is 433 g/mol. The van der Waals surface area contributed by atoms with Gasteiger partial charge in [-0.1, -0.05) is 52.1 Å². The number of aryl methyl sites for hydroxylation is 1. The lowest BCUT2D eigenvalue weighted by Gasteiger charge is -2.30. The summed E-state index contributed by atoms with van der Waals surface area (Å²) >= 11 is 12.4. The molecule has 0 aliphatic carbocycles. The molecule has 0 amide bonds. The van der Waals surface area contributed by atoms with Crippen LogP contribution in [0, 0.1) is 6.92 Å². The quantitative estimate of drug-likeness (QED) is 0.678. The Morgan fingerprint density at radius 3 is 2.30 bits per heavy atom. The highest BCUT2D eigenvalue weighted by molar-refractivity contribution is 7.86. The van der Waals surface area contributed by atoms with E-state index in [9.17, 15) is 13.0 Å². The van der Waals surface area contributed by atoms with Gasteiger partial charge in [-0.05, 0) is 31.2 Å². The van der Waals surface area contributed by atoms with E-state index in [1.54, 1.807) is 30.3 Å². The molecule has 0 saturated heterocycles. The molecule has 0 N–H and O–H groups in total. The lowest BCUT2D eigenvalue weighted by atomic mass is 10.0. The number of halogens is 4. The van der Waals surface area contributed by atoms with E-state index in [0.29, 0.717) is 4.90 Å². The van der Waals surface area contributed by atoms with Gasteiger partial charge >= 0.3 is 12.2 Å². The van der Waals surface area contributed by atoms with Crippen LogP contribution in [0.25, 0.3) is 0 Å². The Bertz CT molecular complexity index is 888. The molecule has 0 bridgehead atoms. The van der Waals surface area contributed by atoms with Crippen molar-refractivity contribution in [1.29, 1.82) is 0 Å². The van der Waals surface area contributed by atoms with Crippen LogP contribution in [-0.2, 0) is 20.4 Å². The van der Waals surface area contributed by atoms with E-state index in [4.69, 9.17) is 32.8 Å². The molecule has 144 valence electrons. The molecule has 27 heavy (non-hydrogen) atoms. The number of nitrogens with zero attached hydrogens (tertiary/aromatic N) is 1. The minimum atomic E-state index is -3.12. The summed E-state index contributed by atoms with van der Waals surface area (Å²) in [6, 6.07) is 11.3. The van der Waals surface area contributed by atoms with Crippen LogP contribution in [0.1, 0.15) is 11.1 Å². The van der Waals surface area contributed by atoms with Crippen LogP contribution < -0.4 is 0 Å². The highest BCUT2D eigenvalue weighted by Gasteiger charge is 2.60. The Balaban J connectivity index is 2.16. The first-order valence-corrected chi connectivity index (χ1v) is 9.79.